The zero-order valence-electron chi connectivity index (χ0n) is 8.60. The number of rotatable bonds is 6. The van der Waals surface area contributed by atoms with Gasteiger partial charge in [0, 0.05) is 17.5 Å². The fourth-order valence-corrected chi connectivity index (χ4v) is 2.23. The van der Waals surface area contributed by atoms with Crippen LogP contribution in [0.4, 0.5) is 0 Å². The fraction of sp³-hybridized carbons (Fsp3) is 0.455. The number of halogens is 1. The second-order valence-electron chi connectivity index (χ2n) is 3.20. The lowest BCUT2D eigenvalue weighted by Crippen LogP contribution is -2.23. The van der Waals surface area contributed by atoms with Gasteiger partial charge in [0.05, 0.1) is 0 Å². The number of hydrogen-bond acceptors (Lipinski definition) is 3. The molecular formula is C11H15IO3. The van der Waals surface area contributed by atoms with Crippen LogP contribution in [0.2, 0.25) is 0 Å². The van der Waals surface area contributed by atoms with Crippen LogP contribution in [0, 0.1) is 0 Å². The monoisotopic (exact) mass is 322 g/mol. The Bertz CT molecular complexity index is 262. The van der Waals surface area contributed by atoms with Crippen molar-refractivity contribution in [3.8, 4) is 0 Å². The summed E-state index contributed by atoms with van der Waals surface area (Å²) in [6.07, 6.45) is 0.311. The molecular weight excluding hydrogens is 307 g/mol. The van der Waals surface area contributed by atoms with Crippen molar-refractivity contribution in [2.45, 2.75) is 18.6 Å². The molecule has 0 bridgehead atoms. The van der Waals surface area contributed by atoms with Gasteiger partial charge in [-0.3, -0.25) is 0 Å². The Labute approximate surface area is 103 Å². The summed E-state index contributed by atoms with van der Waals surface area (Å²) in [5.41, 5.74) is 1.12. The van der Waals surface area contributed by atoms with E-state index >= 15 is 0 Å². The minimum absolute atomic E-state index is 0.0677. The minimum Gasteiger partial charge on any atom is -0.353 e. The third-order valence-electron chi connectivity index (χ3n) is 2.31. The van der Waals surface area contributed by atoms with Crippen molar-refractivity contribution >= 4 is 22.6 Å². The van der Waals surface area contributed by atoms with Crippen molar-refractivity contribution in [1.82, 2.24) is 0 Å². The number of benzene rings is 1. The Morgan fingerprint density at radius 2 is 2.00 bits per heavy atom. The van der Waals surface area contributed by atoms with E-state index in [4.69, 9.17) is 9.99 Å². The summed E-state index contributed by atoms with van der Waals surface area (Å²) in [4.78, 5) is 4.34. The van der Waals surface area contributed by atoms with E-state index in [1.165, 1.54) is 7.11 Å². The lowest BCUT2D eigenvalue weighted by Gasteiger charge is -2.22. The molecule has 0 aliphatic heterocycles. The van der Waals surface area contributed by atoms with Crippen LogP contribution in [0.25, 0.3) is 0 Å². The van der Waals surface area contributed by atoms with Crippen LogP contribution in [0.3, 0.4) is 0 Å². The molecule has 0 amide bonds. The Morgan fingerprint density at radius 3 is 2.47 bits per heavy atom. The average molecular weight is 322 g/mol. The van der Waals surface area contributed by atoms with Crippen molar-refractivity contribution in [2.75, 3.05) is 11.5 Å². The molecule has 3 nitrogen and oxygen atoms in total. The third kappa shape index (κ3) is 3.71. The van der Waals surface area contributed by atoms with Crippen molar-refractivity contribution in [1.29, 1.82) is 0 Å². The maximum Gasteiger partial charge on any atom is 0.197 e. The van der Waals surface area contributed by atoms with Gasteiger partial charge in [-0.2, -0.15) is 0 Å². The van der Waals surface area contributed by atoms with Crippen LogP contribution < -0.4 is 0 Å². The number of methoxy groups -OCH3 is 1. The minimum atomic E-state index is -0.595. The summed E-state index contributed by atoms with van der Waals surface area (Å²) >= 11 is 2.30. The zero-order valence-corrected chi connectivity index (χ0v) is 10.8. The third-order valence-corrected chi connectivity index (χ3v) is 2.94. The first-order chi connectivity index (χ1) is 7.33. The first kappa shape index (κ1) is 12.9. The van der Waals surface area contributed by atoms with Gasteiger partial charge in [-0.05, 0) is 12.0 Å². The highest BCUT2D eigenvalue weighted by Gasteiger charge is 2.23. The molecule has 1 rings (SSSR count). The number of hydrogen-bond donors (Lipinski definition) is 1. The molecule has 0 aliphatic carbocycles. The van der Waals surface area contributed by atoms with Gasteiger partial charge < -0.3 is 4.74 Å². The van der Waals surface area contributed by atoms with Gasteiger partial charge in [-0.15, -0.1) is 0 Å². The van der Waals surface area contributed by atoms with Crippen LogP contribution in [0.15, 0.2) is 30.3 Å². The SMILES string of the molecule is COC(OO)C(CCI)c1ccccc1. The van der Waals surface area contributed by atoms with E-state index < -0.39 is 6.29 Å². The quantitative estimate of drug-likeness (QED) is 0.288. The molecule has 0 saturated heterocycles. The highest BCUT2D eigenvalue weighted by molar-refractivity contribution is 14.1. The number of ether oxygens (including phenoxy) is 1. The molecule has 0 radical (unpaired) electrons. The summed E-state index contributed by atoms with van der Waals surface area (Å²) in [7, 11) is 1.53. The van der Waals surface area contributed by atoms with Gasteiger partial charge in [0.25, 0.3) is 0 Å². The summed E-state index contributed by atoms with van der Waals surface area (Å²) < 4.78 is 6.08. The van der Waals surface area contributed by atoms with Crippen molar-refractivity contribution < 1.29 is 14.9 Å². The predicted octanol–water partition coefficient (Wildman–Crippen LogP) is 3.06. The zero-order chi connectivity index (χ0) is 11.1. The lowest BCUT2D eigenvalue weighted by atomic mass is 9.96. The van der Waals surface area contributed by atoms with Gasteiger partial charge in [0.2, 0.25) is 0 Å². The molecule has 0 fully saturated rings. The second-order valence-corrected chi connectivity index (χ2v) is 4.28. The summed E-state index contributed by atoms with van der Waals surface area (Å²) in [6.45, 7) is 0. The van der Waals surface area contributed by atoms with Crippen molar-refractivity contribution in [3.63, 3.8) is 0 Å². The van der Waals surface area contributed by atoms with E-state index in [0.29, 0.717) is 0 Å². The van der Waals surface area contributed by atoms with Crippen LogP contribution in [0.5, 0.6) is 0 Å². The average Bonchev–Trinajstić information content (AvgIpc) is 2.30. The molecule has 2 atom stereocenters. The van der Waals surface area contributed by atoms with E-state index in [9.17, 15) is 0 Å². The Morgan fingerprint density at radius 1 is 1.33 bits per heavy atom. The van der Waals surface area contributed by atoms with Gasteiger partial charge in [-0.1, -0.05) is 52.9 Å². The Balaban J connectivity index is 2.81. The van der Waals surface area contributed by atoms with Crippen molar-refractivity contribution in [3.05, 3.63) is 35.9 Å². The van der Waals surface area contributed by atoms with Gasteiger partial charge in [0.1, 0.15) is 0 Å². The van der Waals surface area contributed by atoms with Crippen LogP contribution in [0.1, 0.15) is 17.9 Å². The summed E-state index contributed by atoms with van der Waals surface area (Å²) in [5.74, 6) is 0.0677. The topological polar surface area (TPSA) is 38.7 Å². The lowest BCUT2D eigenvalue weighted by molar-refractivity contribution is -0.346. The molecule has 15 heavy (non-hydrogen) atoms. The van der Waals surface area contributed by atoms with Gasteiger partial charge in [0.15, 0.2) is 6.29 Å². The first-order valence-corrected chi connectivity index (χ1v) is 6.30. The van der Waals surface area contributed by atoms with E-state index in [2.05, 4.69) is 27.5 Å². The van der Waals surface area contributed by atoms with E-state index in [1.54, 1.807) is 0 Å². The van der Waals surface area contributed by atoms with Gasteiger partial charge in [-0.25, -0.2) is 10.1 Å². The summed E-state index contributed by atoms with van der Waals surface area (Å²) in [5, 5.41) is 8.76. The molecule has 0 heterocycles. The van der Waals surface area contributed by atoms with E-state index in [-0.39, 0.29) is 5.92 Å². The van der Waals surface area contributed by atoms with Gasteiger partial charge >= 0.3 is 0 Å². The largest absolute Gasteiger partial charge is 0.353 e. The second kappa shape index (κ2) is 7.16. The van der Waals surface area contributed by atoms with Crippen LogP contribution in [-0.2, 0) is 9.62 Å². The molecule has 1 N–H and O–H groups in total. The smallest absolute Gasteiger partial charge is 0.197 e. The fourth-order valence-electron chi connectivity index (χ4n) is 1.56. The molecule has 4 heteroatoms. The molecule has 0 aromatic heterocycles. The molecule has 0 aliphatic rings. The molecule has 1 aromatic carbocycles. The number of alkyl halides is 1. The van der Waals surface area contributed by atoms with Crippen LogP contribution >= 0.6 is 22.6 Å². The van der Waals surface area contributed by atoms with E-state index in [0.717, 1.165) is 16.4 Å². The highest BCUT2D eigenvalue weighted by Crippen LogP contribution is 2.26. The molecule has 2 unspecified atom stereocenters. The molecule has 0 saturated carbocycles. The normalized spacial score (nSPS) is 14.9. The molecule has 0 spiro atoms. The maximum absolute atomic E-state index is 8.76. The standard InChI is InChI=1S/C11H15IO3/c1-14-11(15-13)10(7-8-12)9-5-3-2-4-6-9/h2-6,10-11,13H,7-8H2,1H3. The molecule has 84 valence electrons. The first-order valence-electron chi connectivity index (χ1n) is 4.77. The highest BCUT2D eigenvalue weighted by atomic mass is 127. The Kier molecular flexibility index (Phi) is 6.16. The van der Waals surface area contributed by atoms with Crippen LogP contribution in [-0.4, -0.2) is 23.1 Å². The Hall–Kier alpha value is -0.170. The predicted molar refractivity (Wildman–Crippen MR) is 67.2 cm³/mol. The molecule has 1 aromatic rings. The van der Waals surface area contributed by atoms with Crippen molar-refractivity contribution in [2.24, 2.45) is 0 Å². The maximum atomic E-state index is 8.76. The van der Waals surface area contributed by atoms with E-state index in [1.807, 2.05) is 30.3 Å². The summed E-state index contributed by atoms with van der Waals surface area (Å²) in [6, 6.07) is 9.94.